The second kappa shape index (κ2) is 10.9. The molecule has 3 aromatic carbocycles. The molecule has 8 nitrogen and oxygen atoms in total. The summed E-state index contributed by atoms with van der Waals surface area (Å²) in [5.74, 6) is -0.908. The number of aryl methyl sites for hydroxylation is 1. The van der Waals surface area contributed by atoms with Gasteiger partial charge in [-0.05, 0) is 48.9 Å². The van der Waals surface area contributed by atoms with Gasteiger partial charge < -0.3 is 20.3 Å². The Kier molecular flexibility index (Phi) is 7.27. The lowest BCUT2D eigenvalue weighted by molar-refractivity contribution is 0.205. The molecule has 0 saturated carbocycles. The fourth-order valence-electron chi connectivity index (χ4n) is 4.40. The molecule has 2 N–H and O–H groups in total. The van der Waals surface area contributed by atoms with Crippen molar-refractivity contribution in [1.82, 2.24) is 14.5 Å². The molecule has 0 fully saturated rings. The molecule has 200 valence electrons. The van der Waals surface area contributed by atoms with Gasteiger partial charge in [-0.2, -0.15) is 0 Å². The van der Waals surface area contributed by atoms with E-state index in [1.165, 1.54) is 15.5 Å². The third kappa shape index (κ3) is 5.59. The fourth-order valence-corrected chi connectivity index (χ4v) is 4.40. The summed E-state index contributed by atoms with van der Waals surface area (Å²) in [6.07, 6.45) is 0.363. The van der Waals surface area contributed by atoms with E-state index in [0.717, 1.165) is 29.0 Å². The Morgan fingerprint density at radius 3 is 2.46 bits per heavy atom. The van der Waals surface area contributed by atoms with Crippen molar-refractivity contribution in [3.8, 4) is 11.4 Å². The van der Waals surface area contributed by atoms with Crippen molar-refractivity contribution in [2.45, 2.75) is 26.4 Å². The molecular weight excluding hydrogens is 504 g/mol. The summed E-state index contributed by atoms with van der Waals surface area (Å²) in [6.45, 7) is 2.73. The van der Waals surface area contributed by atoms with Crippen LogP contribution in [0.1, 0.15) is 22.4 Å². The van der Waals surface area contributed by atoms with Gasteiger partial charge in [0.2, 0.25) is 5.95 Å². The number of hydrogen-bond donors (Lipinski definition) is 2. The number of halogens is 2. The van der Waals surface area contributed by atoms with E-state index in [1.807, 2.05) is 55.5 Å². The second-order valence-corrected chi connectivity index (χ2v) is 9.27. The summed E-state index contributed by atoms with van der Waals surface area (Å²) in [6, 6.07) is 17.7. The molecule has 0 saturated heterocycles. The van der Waals surface area contributed by atoms with Crippen LogP contribution in [0, 0.1) is 18.6 Å². The number of rotatable bonds is 6. The minimum absolute atomic E-state index is 0.0291. The summed E-state index contributed by atoms with van der Waals surface area (Å²) >= 11 is 0. The standard InChI is InChI=1S/C29H27F2N5O3/c1-18-3-8-21(9-4-18)36-27(37)23-17-35(29(38)33-20-7-12-24(30)25(31)15-20)14-13-26(23)34-28(36)32-16-19-5-10-22(39-2)11-6-19/h3-12,15H,13-14,16-17H2,1-2H3,(H,32,34)(H,33,38). The van der Waals surface area contributed by atoms with Crippen LogP contribution in [0.2, 0.25) is 0 Å². The van der Waals surface area contributed by atoms with Crippen LogP contribution < -0.4 is 20.9 Å². The zero-order chi connectivity index (χ0) is 27.5. The molecule has 5 rings (SSSR count). The number of fused-ring (bicyclic) bond motifs is 1. The van der Waals surface area contributed by atoms with Crippen molar-refractivity contribution in [3.05, 3.63) is 111 Å². The molecule has 39 heavy (non-hydrogen) atoms. The molecule has 2 amide bonds. The number of hydrogen-bond acceptors (Lipinski definition) is 5. The number of urea groups is 1. The van der Waals surface area contributed by atoms with Crippen molar-refractivity contribution < 1.29 is 18.3 Å². The van der Waals surface area contributed by atoms with Crippen LogP contribution in [0.25, 0.3) is 5.69 Å². The Bertz CT molecular complexity index is 1570. The van der Waals surface area contributed by atoms with E-state index in [2.05, 4.69) is 10.6 Å². The number of benzene rings is 3. The highest BCUT2D eigenvalue weighted by Crippen LogP contribution is 2.22. The first-order valence-corrected chi connectivity index (χ1v) is 12.4. The third-order valence-electron chi connectivity index (χ3n) is 6.59. The molecule has 0 radical (unpaired) electrons. The van der Waals surface area contributed by atoms with Crippen LogP contribution >= 0.6 is 0 Å². The molecular formula is C29H27F2N5O3. The summed E-state index contributed by atoms with van der Waals surface area (Å²) in [5, 5.41) is 5.87. The van der Waals surface area contributed by atoms with Gasteiger partial charge >= 0.3 is 6.03 Å². The zero-order valence-corrected chi connectivity index (χ0v) is 21.5. The van der Waals surface area contributed by atoms with Crippen LogP contribution in [0.5, 0.6) is 5.75 Å². The van der Waals surface area contributed by atoms with Crippen molar-refractivity contribution in [1.29, 1.82) is 0 Å². The number of amides is 2. The van der Waals surface area contributed by atoms with E-state index in [9.17, 15) is 18.4 Å². The maximum absolute atomic E-state index is 13.8. The smallest absolute Gasteiger partial charge is 0.322 e. The van der Waals surface area contributed by atoms with E-state index < -0.39 is 17.7 Å². The van der Waals surface area contributed by atoms with Crippen molar-refractivity contribution >= 4 is 17.7 Å². The molecule has 1 aliphatic rings. The van der Waals surface area contributed by atoms with Crippen LogP contribution in [-0.4, -0.2) is 34.1 Å². The lowest BCUT2D eigenvalue weighted by Gasteiger charge is -2.29. The normalized spacial score (nSPS) is 12.6. The lowest BCUT2D eigenvalue weighted by Crippen LogP contribution is -2.43. The van der Waals surface area contributed by atoms with Gasteiger partial charge in [-0.15, -0.1) is 0 Å². The highest BCUT2D eigenvalue weighted by molar-refractivity contribution is 5.89. The van der Waals surface area contributed by atoms with E-state index >= 15 is 0 Å². The molecule has 1 aromatic heterocycles. The molecule has 0 atom stereocenters. The predicted octanol–water partition coefficient (Wildman–Crippen LogP) is 5.03. The average molecular weight is 532 g/mol. The molecule has 0 bridgehead atoms. The first-order chi connectivity index (χ1) is 18.8. The van der Waals surface area contributed by atoms with E-state index in [0.29, 0.717) is 42.4 Å². The van der Waals surface area contributed by atoms with Crippen LogP contribution in [-0.2, 0) is 19.5 Å². The molecule has 2 heterocycles. The monoisotopic (exact) mass is 531 g/mol. The molecule has 0 spiro atoms. The number of nitrogens with one attached hydrogen (secondary N) is 2. The van der Waals surface area contributed by atoms with Crippen LogP contribution in [0.15, 0.2) is 71.5 Å². The quantitative estimate of drug-likeness (QED) is 0.364. The van der Waals surface area contributed by atoms with Gasteiger partial charge in [0.15, 0.2) is 11.6 Å². The number of anilines is 2. The Balaban J connectivity index is 1.44. The second-order valence-electron chi connectivity index (χ2n) is 9.27. The topological polar surface area (TPSA) is 88.5 Å². The minimum Gasteiger partial charge on any atom is -0.497 e. The lowest BCUT2D eigenvalue weighted by atomic mass is 10.1. The molecule has 1 aliphatic heterocycles. The van der Waals surface area contributed by atoms with Gasteiger partial charge in [0.25, 0.3) is 5.56 Å². The van der Waals surface area contributed by atoms with Crippen molar-refractivity contribution in [3.63, 3.8) is 0 Å². The number of carbonyl (C=O) groups excluding carboxylic acids is 1. The maximum Gasteiger partial charge on any atom is 0.322 e. The number of ether oxygens (including phenoxy) is 1. The van der Waals surface area contributed by atoms with Crippen LogP contribution in [0.3, 0.4) is 0 Å². The molecule has 4 aromatic rings. The largest absolute Gasteiger partial charge is 0.497 e. The van der Waals surface area contributed by atoms with Crippen molar-refractivity contribution in [2.24, 2.45) is 0 Å². The third-order valence-corrected chi connectivity index (χ3v) is 6.59. The van der Waals surface area contributed by atoms with Crippen molar-refractivity contribution in [2.75, 3.05) is 24.3 Å². The Morgan fingerprint density at radius 1 is 1.03 bits per heavy atom. The first kappa shape index (κ1) is 25.9. The van der Waals surface area contributed by atoms with Gasteiger partial charge in [0.1, 0.15) is 5.75 Å². The Morgan fingerprint density at radius 2 is 1.77 bits per heavy atom. The summed E-state index contributed by atoms with van der Waals surface area (Å²) in [7, 11) is 1.61. The van der Waals surface area contributed by atoms with Gasteiger partial charge in [-0.25, -0.2) is 23.1 Å². The molecule has 0 unspecified atom stereocenters. The summed E-state index contributed by atoms with van der Waals surface area (Å²) < 4.78 is 33.6. The zero-order valence-electron chi connectivity index (χ0n) is 21.5. The van der Waals surface area contributed by atoms with E-state index in [4.69, 9.17) is 9.72 Å². The first-order valence-electron chi connectivity index (χ1n) is 12.4. The highest BCUT2D eigenvalue weighted by Gasteiger charge is 2.27. The summed E-state index contributed by atoms with van der Waals surface area (Å²) in [5.41, 5.74) is 3.52. The predicted molar refractivity (Wildman–Crippen MR) is 144 cm³/mol. The van der Waals surface area contributed by atoms with Gasteiger partial charge in [-0.3, -0.25) is 4.79 Å². The maximum atomic E-state index is 13.8. The SMILES string of the molecule is COc1ccc(CNc2nc3c(c(=O)n2-c2ccc(C)cc2)CN(C(=O)Nc2ccc(F)c(F)c2)CC3)cc1. The molecule has 10 heteroatoms. The number of nitrogens with zero attached hydrogens (tertiary/aromatic N) is 3. The number of carbonyl (C=O) groups is 1. The van der Waals surface area contributed by atoms with E-state index in [1.54, 1.807) is 7.11 Å². The molecule has 0 aliphatic carbocycles. The highest BCUT2D eigenvalue weighted by atomic mass is 19.2. The van der Waals surface area contributed by atoms with Crippen LogP contribution in [0.4, 0.5) is 25.2 Å². The summed E-state index contributed by atoms with van der Waals surface area (Å²) in [4.78, 5) is 33.0. The van der Waals surface area contributed by atoms with Gasteiger partial charge in [-0.1, -0.05) is 29.8 Å². The fraction of sp³-hybridized carbons (Fsp3) is 0.207. The average Bonchev–Trinajstić information content (AvgIpc) is 2.95. The Labute approximate surface area is 223 Å². The minimum atomic E-state index is -1.06. The number of methoxy groups -OCH3 is 1. The number of aromatic nitrogens is 2. The Hall–Kier alpha value is -4.73. The van der Waals surface area contributed by atoms with E-state index in [-0.39, 0.29) is 17.8 Å². The van der Waals surface area contributed by atoms with Gasteiger partial charge in [0, 0.05) is 31.3 Å². The van der Waals surface area contributed by atoms with Gasteiger partial charge in [0.05, 0.1) is 30.6 Å².